The van der Waals surface area contributed by atoms with Gasteiger partial charge in [0.15, 0.2) is 0 Å². The monoisotopic (exact) mass is 409 g/mol. The van der Waals surface area contributed by atoms with Gasteiger partial charge in [-0.3, -0.25) is 0 Å². The Morgan fingerprint density at radius 2 is 1.90 bits per heavy atom. The van der Waals surface area contributed by atoms with E-state index in [2.05, 4.69) is 24.2 Å². The van der Waals surface area contributed by atoms with Crippen LogP contribution in [0.4, 0.5) is 9.18 Å². The van der Waals surface area contributed by atoms with Crippen LogP contribution < -0.4 is 0 Å². The second kappa shape index (κ2) is 7.74. The Bertz CT molecular complexity index is 1070. The smallest absolute Gasteiger partial charge is 0.410 e. The van der Waals surface area contributed by atoms with Crippen LogP contribution in [-0.2, 0) is 4.74 Å². The van der Waals surface area contributed by atoms with E-state index in [1.54, 1.807) is 12.1 Å². The average Bonchev–Trinajstić information content (AvgIpc) is 3.09. The molecule has 0 saturated carbocycles. The molecule has 2 heterocycles. The zero-order valence-corrected chi connectivity index (χ0v) is 18.0. The van der Waals surface area contributed by atoms with Gasteiger partial charge in [0.25, 0.3) is 0 Å². The van der Waals surface area contributed by atoms with E-state index in [9.17, 15) is 9.18 Å². The molecule has 3 aromatic rings. The summed E-state index contributed by atoms with van der Waals surface area (Å²) >= 11 is 0. The van der Waals surface area contributed by atoms with Gasteiger partial charge in [0.2, 0.25) is 0 Å². The largest absolute Gasteiger partial charge is 0.444 e. The first-order valence-corrected chi connectivity index (χ1v) is 10.5. The number of fused-ring (bicyclic) bond motifs is 1. The molecule has 1 unspecified atom stereocenters. The number of nitrogens with zero attached hydrogens (tertiary/aromatic N) is 3. The van der Waals surface area contributed by atoms with Crippen LogP contribution in [0.5, 0.6) is 0 Å². The van der Waals surface area contributed by atoms with E-state index in [-0.39, 0.29) is 18.0 Å². The van der Waals surface area contributed by atoms with Crippen molar-refractivity contribution in [2.45, 2.75) is 58.6 Å². The van der Waals surface area contributed by atoms with Gasteiger partial charge in [0, 0.05) is 11.9 Å². The number of rotatable bonds is 2. The van der Waals surface area contributed by atoms with E-state index in [0.717, 1.165) is 47.0 Å². The number of halogens is 1. The Morgan fingerprint density at radius 1 is 1.17 bits per heavy atom. The summed E-state index contributed by atoms with van der Waals surface area (Å²) in [6, 6.07) is 10.5. The third-order valence-corrected chi connectivity index (χ3v) is 5.52. The Hall–Kier alpha value is -2.89. The summed E-state index contributed by atoms with van der Waals surface area (Å²) in [6.45, 7) is 8.45. The Morgan fingerprint density at radius 3 is 2.60 bits per heavy atom. The van der Waals surface area contributed by atoms with E-state index in [4.69, 9.17) is 4.74 Å². The molecule has 0 bridgehead atoms. The first-order chi connectivity index (χ1) is 14.2. The van der Waals surface area contributed by atoms with Crippen molar-refractivity contribution in [3.05, 3.63) is 59.5 Å². The highest BCUT2D eigenvalue weighted by molar-refractivity contribution is 5.82. The van der Waals surface area contributed by atoms with Gasteiger partial charge < -0.3 is 9.64 Å². The number of ether oxygens (including phenoxy) is 1. The fraction of sp³-hybridized carbons (Fsp3) is 0.417. The lowest BCUT2D eigenvalue weighted by molar-refractivity contribution is 0.00947. The quantitative estimate of drug-likeness (QED) is 0.527. The van der Waals surface area contributed by atoms with E-state index >= 15 is 0 Å². The van der Waals surface area contributed by atoms with Gasteiger partial charge >= 0.3 is 6.09 Å². The van der Waals surface area contributed by atoms with E-state index in [1.807, 2.05) is 36.5 Å². The molecule has 6 heteroatoms. The lowest BCUT2D eigenvalue weighted by Gasteiger charge is -2.37. The molecule has 0 aliphatic carbocycles. The predicted octanol–water partition coefficient (Wildman–Crippen LogP) is 5.94. The maximum atomic E-state index is 13.3. The molecule has 5 nitrogen and oxygen atoms in total. The summed E-state index contributed by atoms with van der Waals surface area (Å²) in [5, 5.41) is 5.51. The molecular weight excluding hydrogens is 381 g/mol. The highest BCUT2D eigenvalue weighted by Gasteiger charge is 2.32. The number of likely N-dealkylation sites (tertiary alicyclic amines) is 1. The molecule has 1 fully saturated rings. The van der Waals surface area contributed by atoms with Gasteiger partial charge in [0.1, 0.15) is 11.4 Å². The lowest BCUT2D eigenvalue weighted by Crippen LogP contribution is -2.42. The average molecular weight is 410 g/mol. The molecular formula is C24H28FN3O2. The van der Waals surface area contributed by atoms with Crippen LogP contribution in [0.2, 0.25) is 0 Å². The topological polar surface area (TPSA) is 47.4 Å². The van der Waals surface area contributed by atoms with E-state index in [1.165, 1.54) is 12.1 Å². The molecule has 1 aliphatic heterocycles. The number of amides is 1. The number of aromatic nitrogens is 2. The van der Waals surface area contributed by atoms with Crippen molar-refractivity contribution in [1.82, 2.24) is 14.7 Å². The third kappa shape index (κ3) is 4.04. The fourth-order valence-corrected chi connectivity index (χ4v) is 4.14. The second-order valence-electron chi connectivity index (χ2n) is 8.99. The number of hydrogen-bond acceptors (Lipinski definition) is 3. The van der Waals surface area contributed by atoms with Crippen LogP contribution in [0, 0.1) is 12.7 Å². The summed E-state index contributed by atoms with van der Waals surface area (Å²) in [4.78, 5) is 14.7. The molecule has 1 aromatic heterocycles. The van der Waals surface area contributed by atoms with Crippen LogP contribution in [0.15, 0.2) is 42.6 Å². The van der Waals surface area contributed by atoms with Crippen molar-refractivity contribution in [2.24, 2.45) is 0 Å². The first-order valence-electron chi connectivity index (χ1n) is 10.5. The number of hydrogen-bond donors (Lipinski definition) is 0. The Kier molecular flexibility index (Phi) is 5.26. The standard InChI is InChI=1S/C24H28FN3O2/c1-16-13-22-17(15-26-28(22)19-10-8-18(25)9-11-19)14-20(16)21-7-5-6-12-27(21)23(29)30-24(2,3)4/h8-11,13-15,21H,5-7,12H2,1-4H3. The second-order valence-corrected chi connectivity index (χ2v) is 8.99. The summed E-state index contributed by atoms with van der Waals surface area (Å²) in [5.41, 5.74) is 3.49. The van der Waals surface area contributed by atoms with E-state index < -0.39 is 5.60 Å². The van der Waals surface area contributed by atoms with Crippen molar-refractivity contribution < 1.29 is 13.9 Å². The summed E-state index contributed by atoms with van der Waals surface area (Å²) in [5.74, 6) is -0.270. The number of carbonyl (C=O) groups excluding carboxylic acids is 1. The van der Waals surface area contributed by atoms with Crippen LogP contribution in [0.3, 0.4) is 0 Å². The van der Waals surface area contributed by atoms with Gasteiger partial charge in [-0.1, -0.05) is 0 Å². The fourth-order valence-electron chi connectivity index (χ4n) is 4.14. The normalized spacial score (nSPS) is 17.4. The number of carbonyl (C=O) groups is 1. The van der Waals surface area contributed by atoms with Gasteiger partial charge in [-0.15, -0.1) is 0 Å². The van der Waals surface area contributed by atoms with Crippen LogP contribution in [-0.4, -0.2) is 32.9 Å². The van der Waals surface area contributed by atoms with Crippen LogP contribution >= 0.6 is 0 Å². The number of aryl methyl sites for hydroxylation is 1. The zero-order valence-electron chi connectivity index (χ0n) is 18.0. The molecule has 30 heavy (non-hydrogen) atoms. The molecule has 0 N–H and O–H groups in total. The molecule has 0 spiro atoms. The summed E-state index contributed by atoms with van der Waals surface area (Å²) in [6.07, 6.45) is 4.55. The van der Waals surface area contributed by atoms with Crippen molar-refractivity contribution in [3.8, 4) is 5.69 Å². The molecule has 1 saturated heterocycles. The van der Waals surface area contributed by atoms with Gasteiger partial charge in [-0.25, -0.2) is 13.9 Å². The Labute approximate surface area is 176 Å². The lowest BCUT2D eigenvalue weighted by atomic mass is 9.91. The maximum Gasteiger partial charge on any atom is 0.410 e. The molecule has 1 amide bonds. The van der Waals surface area contributed by atoms with Crippen molar-refractivity contribution >= 4 is 17.0 Å². The van der Waals surface area contributed by atoms with E-state index in [0.29, 0.717) is 6.54 Å². The summed E-state index contributed by atoms with van der Waals surface area (Å²) in [7, 11) is 0. The minimum absolute atomic E-state index is 0.00725. The van der Waals surface area contributed by atoms with Crippen molar-refractivity contribution in [3.63, 3.8) is 0 Å². The molecule has 1 atom stereocenters. The van der Waals surface area contributed by atoms with Gasteiger partial charge in [0.05, 0.1) is 23.4 Å². The minimum atomic E-state index is -0.519. The maximum absolute atomic E-state index is 13.3. The molecule has 158 valence electrons. The van der Waals surface area contributed by atoms with Gasteiger partial charge in [-0.05, 0) is 94.5 Å². The zero-order chi connectivity index (χ0) is 21.5. The molecule has 4 rings (SSSR count). The highest BCUT2D eigenvalue weighted by atomic mass is 19.1. The van der Waals surface area contributed by atoms with Crippen LogP contribution in [0.25, 0.3) is 16.6 Å². The molecule has 0 radical (unpaired) electrons. The third-order valence-electron chi connectivity index (χ3n) is 5.52. The molecule has 1 aliphatic rings. The number of benzene rings is 2. The van der Waals surface area contributed by atoms with Crippen molar-refractivity contribution in [2.75, 3.05) is 6.54 Å². The van der Waals surface area contributed by atoms with Crippen molar-refractivity contribution in [1.29, 1.82) is 0 Å². The van der Waals surface area contributed by atoms with Gasteiger partial charge in [-0.2, -0.15) is 5.10 Å². The molecule has 2 aromatic carbocycles. The SMILES string of the molecule is Cc1cc2c(cnn2-c2ccc(F)cc2)cc1C1CCCCN1C(=O)OC(C)(C)C. The Balaban J connectivity index is 1.70. The highest BCUT2D eigenvalue weighted by Crippen LogP contribution is 2.36. The predicted molar refractivity (Wildman–Crippen MR) is 115 cm³/mol. The first kappa shape index (κ1) is 20.4. The summed E-state index contributed by atoms with van der Waals surface area (Å²) < 4.78 is 20.8. The number of piperidine rings is 1. The minimum Gasteiger partial charge on any atom is -0.444 e. The van der Waals surface area contributed by atoms with Crippen LogP contribution in [0.1, 0.15) is 57.2 Å².